The van der Waals surface area contributed by atoms with Crippen molar-refractivity contribution in [2.24, 2.45) is 0 Å². The summed E-state index contributed by atoms with van der Waals surface area (Å²) < 4.78 is 83.6. The first-order chi connectivity index (χ1) is 15.0. The van der Waals surface area contributed by atoms with Crippen molar-refractivity contribution in [1.29, 1.82) is 0 Å². The van der Waals surface area contributed by atoms with Gasteiger partial charge in [0.2, 0.25) is 0 Å². The number of unbranched alkanes of at least 4 members (excludes halogenated alkanes) is 9. The van der Waals surface area contributed by atoms with E-state index in [1.807, 2.05) is 0 Å². The van der Waals surface area contributed by atoms with E-state index in [1.165, 1.54) is 38.5 Å². The van der Waals surface area contributed by atoms with Crippen LogP contribution in [-0.2, 0) is 17.1 Å². The molecule has 0 bridgehead atoms. The van der Waals surface area contributed by atoms with Crippen LogP contribution in [0.1, 0.15) is 112 Å². The van der Waals surface area contributed by atoms with Gasteiger partial charge in [-0.05, 0) is 37.5 Å². The molecule has 0 aromatic heterocycles. The van der Waals surface area contributed by atoms with E-state index in [9.17, 15) is 31.1 Å². The molecule has 8 heteroatoms. The number of hydrogen-bond acceptors (Lipinski definition) is 2. The zero-order valence-corrected chi connectivity index (χ0v) is 18.9. The number of ether oxygens (including phenoxy) is 1. The van der Waals surface area contributed by atoms with Crippen LogP contribution in [-0.4, -0.2) is 12.1 Å². The second kappa shape index (κ2) is 13.7. The zero-order chi connectivity index (χ0) is 24.2. The molecule has 1 unspecified atom stereocenters. The van der Waals surface area contributed by atoms with Gasteiger partial charge in [-0.25, -0.2) is 4.79 Å². The molecular weight excluding hydrogens is 434 g/mol. The molecule has 0 saturated heterocycles. The highest BCUT2D eigenvalue weighted by Gasteiger charge is 2.39. The number of carbonyl (C=O) groups is 1. The summed E-state index contributed by atoms with van der Waals surface area (Å²) in [6.45, 7) is 3.90. The lowest BCUT2D eigenvalue weighted by Crippen LogP contribution is -2.22. The fourth-order valence-corrected chi connectivity index (χ4v) is 3.56. The van der Waals surface area contributed by atoms with Crippen LogP contribution in [0.3, 0.4) is 0 Å². The monoisotopic (exact) mass is 468 g/mol. The molecule has 0 spiro atoms. The van der Waals surface area contributed by atoms with Gasteiger partial charge in [-0.15, -0.1) is 0 Å². The number of halogens is 6. The van der Waals surface area contributed by atoms with Crippen molar-refractivity contribution in [3.63, 3.8) is 0 Å². The van der Waals surface area contributed by atoms with E-state index in [2.05, 4.69) is 6.92 Å². The van der Waals surface area contributed by atoms with E-state index < -0.39 is 41.1 Å². The number of esters is 1. The fraction of sp³-hybridized carbons (Fsp3) is 0.708. The van der Waals surface area contributed by atoms with Crippen molar-refractivity contribution in [3.8, 4) is 0 Å². The largest absolute Gasteiger partial charge is 0.459 e. The van der Waals surface area contributed by atoms with Gasteiger partial charge in [0.1, 0.15) is 6.10 Å². The Balaban J connectivity index is 2.58. The Labute approximate surface area is 186 Å². The molecule has 0 radical (unpaired) electrons. The lowest BCUT2D eigenvalue weighted by atomic mass is 10.0. The first kappa shape index (κ1) is 28.3. The molecule has 2 nitrogen and oxygen atoms in total. The van der Waals surface area contributed by atoms with Crippen LogP contribution in [0, 0.1) is 0 Å². The third-order valence-corrected chi connectivity index (χ3v) is 5.48. The van der Waals surface area contributed by atoms with E-state index in [0.29, 0.717) is 18.9 Å². The summed E-state index contributed by atoms with van der Waals surface area (Å²) in [4.78, 5) is 12.4. The highest BCUT2D eigenvalue weighted by atomic mass is 19.4. The van der Waals surface area contributed by atoms with Crippen molar-refractivity contribution in [1.82, 2.24) is 0 Å². The molecule has 0 heterocycles. The first-order valence-electron chi connectivity index (χ1n) is 11.5. The van der Waals surface area contributed by atoms with Gasteiger partial charge in [0, 0.05) is 0 Å². The quantitative estimate of drug-likeness (QED) is 0.155. The molecule has 0 aliphatic carbocycles. The topological polar surface area (TPSA) is 26.3 Å². The van der Waals surface area contributed by atoms with E-state index in [4.69, 9.17) is 4.74 Å². The highest BCUT2D eigenvalue weighted by Crippen LogP contribution is 2.37. The Kier molecular flexibility index (Phi) is 12.1. The van der Waals surface area contributed by atoms with Crippen LogP contribution in [0.5, 0.6) is 0 Å². The fourth-order valence-electron chi connectivity index (χ4n) is 3.56. The Morgan fingerprint density at radius 3 is 1.81 bits per heavy atom. The normalized spacial score (nSPS) is 13.2. The van der Waals surface area contributed by atoms with Crippen LogP contribution in [0.2, 0.25) is 0 Å². The van der Waals surface area contributed by atoms with Gasteiger partial charge in [0.25, 0.3) is 0 Å². The van der Waals surface area contributed by atoms with Gasteiger partial charge in [0.05, 0.1) is 16.7 Å². The maximum Gasteiger partial charge on any atom is 0.417 e. The lowest BCUT2D eigenvalue weighted by Gasteiger charge is -2.19. The molecule has 0 aliphatic heterocycles. The van der Waals surface area contributed by atoms with Crippen molar-refractivity contribution < 1.29 is 35.9 Å². The number of rotatable bonds is 14. The standard InChI is InChI=1S/C24H34F6O2/c1-3-5-6-7-8-9-10-11-12-13-14-19(4-2)32-22(31)20-17-18(23(25,26)27)15-16-21(20)24(28,29)30/h15-17,19H,3-14H2,1-2H3. The maximum absolute atomic E-state index is 13.2. The predicted octanol–water partition coefficient (Wildman–Crippen LogP) is 8.97. The number of alkyl halides is 6. The van der Waals surface area contributed by atoms with E-state index in [-0.39, 0.29) is 12.1 Å². The van der Waals surface area contributed by atoms with Crippen molar-refractivity contribution in [2.75, 3.05) is 0 Å². The van der Waals surface area contributed by atoms with Crippen molar-refractivity contribution >= 4 is 5.97 Å². The molecule has 184 valence electrons. The summed E-state index contributed by atoms with van der Waals surface area (Å²) in [5.74, 6) is -1.37. The maximum atomic E-state index is 13.2. The number of hydrogen-bond donors (Lipinski definition) is 0. The Morgan fingerprint density at radius 2 is 1.34 bits per heavy atom. The minimum Gasteiger partial charge on any atom is -0.459 e. The molecule has 32 heavy (non-hydrogen) atoms. The predicted molar refractivity (Wildman–Crippen MR) is 112 cm³/mol. The summed E-state index contributed by atoms with van der Waals surface area (Å²) >= 11 is 0. The summed E-state index contributed by atoms with van der Waals surface area (Å²) in [7, 11) is 0. The van der Waals surface area contributed by atoms with Crippen LogP contribution in [0.4, 0.5) is 26.3 Å². The molecule has 1 aromatic rings. The Morgan fingerprint density at radius 1 is 0.812 bits per heavy atom. The highest BCUT2D eigenvalue weighted by molar-refractivity contribution is 5.91. The zero-order valence-electron chi connectivity index (χ0n) is 18.9. The minimum atomic E-state index is -4.96. The van der Waals surface area contributed by atoms with Crippen LogP contribution < -0.4 is 0 Å². The average Bonchev–Trinajstić information content (AvgIpc) is 2.72. The van der Waals surface area contributed by atoms with Crippen molar-refractivity contribution in [3.05, 3.63) is 34.9 Å². The van der Waals surface area contributed by atoms with Crippen LogP contribution in [0.25, 0.3) is 0 Å². The van der Waals surface area contributed by atoms with Crippen LogP contribution in [0.15, 0.2) is 18.2 Å². The van der Waals surface area contributed by atoms with Crippen LogP contribution >= 0.6 is 0 Å². The second-order valence-electron chi connectivity index (χ2n) is 8.16. The summed E-state index contributed by atoms with van der Waals surface area (Å²) in [5.41, 5.74) is -3.85. The molecule has 0 aliphatic rings. The Bertz CT molecular complexity index is 682. The third-order valence-electron chi connectivity index (χ3n) is 5.48. The summed E-state index contributed by atoms with van der Waals surface area (Å²) in [5, 5.41) is 0. The molecular formula is C24H34F6O2. The van der Waals surface area contributed by atoms with Crippen molar-refractivity contribution in [2.45, 2.75) is 109 Å². The van der Waals surface area contributed by atoms with E-state index in [1.54, 1.807) is 6.92 Å². The Hall–Kier alpha value is -1.73. The molecule has 0 amide bonds. The van der Waals surface area contributed by atoms with Gasteiger partial charge in [-0.3, -0.25) is 0 Å². The van der Waals surface area contributed by atoms with Gasteiger partial charge >= 0.3 is 18.3 Å². The van der Waals surface area contributed by atoms with Gasteiger partial charge < -0.3 is 4.74 Å². The average molecular weight is 469 g/mol. The molecule has 0 fully saturated rings. The molecule has 0 saturated carbocycles. The summed E-state index contributed by atoms with van der Waals surface area (Å²) in [6.07, 6.45) is 1.59. The second-order valence-corrected chi connectivity index (χ2v) is 8.16. The van der Waals surface area contributed by atoms with Gasteiger partial charge in [-0.1, -0.05) is 71.6 Å². The number of benzene rings is 1. The molecule has 0 N–H and O–H groups in total. The lowest BCUT2D eigenvalue weighted by molar-refractivity contribution is -0.141. The molecule has 1 rings (SSSR count). The first-order valence-corrected chi connectivity index (χ1v) is 11.5. The third kappa shape index (κ3) is 10.3. The van der Waals surface area contributed by atoms with E-state index in [0.717, 1.165) is 25.7 Å². The number of carbonyl (C=O) groups excluding carboxylic acids is 1. The van der Waals surface area contributed by atoms with Gasteiger partial charge in [-0.2, -0.15) is 26.3 Å². The molecule has 1 atom stereocenters. The SMILES string of the molecule is CCCCCCCCCCCCC(CC)OC(=O)c1cc(C(F)(F)F)ccc1C(F)(F)F. The smallest absolute Gasteiger partial charge is 0.417 e. The minimum absolute atomic E-state index is 0.221. The molecule has 1 aromatic carbocycles. The van der Waals surface area contributed by atoms with Gasteiger partial charge in [0.15, 0.2) is 0 Å². The summed E-state index contributed by atoms with van der Waals surface area (Å²) in [6, 6.07) is 0.821. The van der Waals surface area contributed by atoms with E-state index >= 15 is 0 Å².